The monoisotopic (exact) mass is 359 g/mol. The number of nitrogens with zero attached hydrogens (tertiary/aromatic N) is 2. The van der Waals surface area contributed by atoms with Crippen molar-refractivity contribution in [3.8, 4) is 5.69 Å². The van der Waals surface area contributed by atoms with Crippen molar-refractivity contribution in [1.82, 2.24) is 15.1 Å². The second-order valence-corrected chi connectivity index (χ2v) is 5.62. The fraction of sp³-hybridized carbons (Fsp3) is 0.308. The molecular formula is C13H15FIN3. The summed E-state index contributed by atoms with van der Waals surface area (Å²) in [4.78, 5) is 0. The summed E-state index contributed by atoms with van der Waals surface area (Å²) in [5, 5.41) is 7.47. The van der Waals surface area contributed by atoms with Crippen molar-refractivity contribution in [3.63, 3.8) is 0 Å². The van der Waals surface area contributed by atoms with Crippen LogP contribution >= 0.6 is 22.6 Å². The average Bonchev–Trinajstić information content (AvgIpc) is 2.73. The maximum Gasteiger partial charge on any atom is 0.129 e. The number of nitrogens with one attached hydrogen (secondary N) is 1. The Hall–Kier alpha value is -0.950. The fourth-order valence-corrected chi connectivity index (χ4v) is 2.06. The molecule has 1 aromatic carbocycles. The van der Waals surface area contributed by atoms with Gasteiger partial charge in [0.25, 0.3) is 0 Å². The third-order valence-electron chi connectivity index (χ3n) is 2.58. The van der Waals surface area contributed by atoms with Gasteiger partial charge in [0.1, 0.15) is 5.82 Å². The molecule has 2 aromatic rings. The first kappa shape index (κ1) is 13.5. The van der Waals surface area contributed by atoms with E-state index < -0.39 is 0 Å². The SMILES string of the molecule is CC(C)NCc1c(F)cccc1-n1cc(I)cn1. The highest BCUT2D eigenvalue weighted by Gasteiger charge is 2.11. The summed E-state index contributed by atoms with van der Waals surface area (Å²) in [7, 11) is 0. The Labute approximate surface area is 120 Å². The summed E-state index contributed by atoms with van der Waals surface area (Å²) >= 11 is 2.19. The summed E-state index contributed by atoms with van der Waals surface area (Å²) in [6.45, 7) is 4.57. The van der Waals surface area contributed by atoms with Crippen LogP contribution < -0.4 is 5.32 Å². The van der Waals surface area contributed by atoms with Crippen LogP contribution in [0.5, 0.6) is 0 Å². The third kappa shape index (κ3) is 3.08. The van der Waals surface area contributed by atoms with Gasteiger partial charge < -0.3 is 5.32 Å². The van der Waals surface area contributed by atoms with Crippen molar-refractivity contribution in [1.29, 1.82) is 0 Å². The first-order chi connectivity index (χ1) is 8.58. The topological polar surface area (TPSA) is 29.9 Å². The Bertz CT molecular complexity index is 537. The molecule has 18 heavy (non-hydrogen) atoms. The largest absolute Gasteiger partial charge is 0.310 e. The van der Waals surface area contributed by atoms with Crippen LogP contribution in [-0.4, -0.2) is 15.8 Å². The van der Waals surface area contributed by atoms with Crippen LogP contribution in [0.25, 0.3) is 5.69 Å². The highest BCUT2D eigenvalue weighted by molar-refractivity contribution is 14.1. The summed E-state index contributed by atoms with van der Waals surface area (Å²) in [6, 6.07) is 5.38. The standard InChI is InChI=1S/C13H15FIN3/c1-9(2)16-7-11-12(14)4-3-5-13(11)18-8-10(15)6-17-18/h3-6,8-9,16H,7H2,1-2H3. The zero-order valence-corrected chi connectivity index (χ0v) is 12.5. The van der Waals surface area contributed by atoms with E-state index in [0.29, 0.717) is 18.2 Å². The van der Waals surface area contributed by atoms with E-state index in [0.717, 1.165) is 9.26 Å². The zero-order chi connectivity index (χ0) is 13.1. The molecule has 1 N–H and O–H groups in total. The molecule has 3 nitrogen and oxygen atoms in total. The van der Waals surface area contributed by atoms with Crippen molar-refractivity contribution in [2.45, 2.75) is 26.4 Å². The van der Waals surface area contributed by atoms with E-state index in [2.05, 4.69) is 33.0 Å². The van der Waals surface area contributed by atoms with Gasteiger partial charge in [0.05, 0.1) is 15.5 Å². The molecule has 2 rings (SSSR count). The summed E-state index contributed by atoms with van der Waals surface area (Å²) in [6.07, 6.45) is 3.64. The number of hydrogen-bond acceptors (Lipinski definition) is 2. The molecule has 1 aromatic heterocycles. The van der Waals surface area contributed by atoms with Crippen LogP contribution in [0.2, 0.25) is 0 Å². The maximum absolute atomic E-state index is 13.9. The predicted octanol–water partition coefficient (Wildman–Crippen LogP) is 3.11. The normalized spacial score (nSPS) is 11.2. The van der Waals surface area contributed by atoms with E-state index in [9.17, 15) is 4.39 Å². The van der Waals surface area contributed by atoms with E-state index in [-0.39, 0.29) is 5.82 Å². The van der Waals surface area contributed by atoms with Crippen LogP contribution in [0.15, 0.2) is 30.6 Å². The fourth-order valence-electron chi connectivity index (χ4n) is 1.68. The maximum atomic E-state index is 13.9. The first-order valence-corrected chi connectivity index (χ1v) is 6.87. The second kappa shape index (κ2) is 5.79. The van der Waals surface area contributed by atoms with Crippen molar-refractivity contribution in [2.75, 3.05) is 0 Å². The summed E-state index contributed by atoms with van der Waals surface area (Å²) in [5.41, 5.74) is 1.43. The van der Waals surface area contributed by atoms with Crippen LogP contribution in [0.3, 0.4) is 0 Å². The molecule has 0 saturated heterocycles. The quantitative estimate of drug-likeness (QED) is 0.851. The van der Waals surface area contributed by atoms with E-state index in [1.54, 1.807) is 16.9 Å². The lowest BCUT2D eigenvalue weighted by Gasteiger charge is -2.13. The molecular weight excluding hydrogens is 344 g/mol. The number of rotatable bonds is 4. The van der Waals surface area contributed by atoms with Gasteiger partial charge in [-0.2, -0.15) is 5.10 Å². The van der Waals surface area contributed by atoms with Gasteiger partial charge in [-0.15, -0.1) is 0 Å². The lowest BCUT2D eigenvalue weighted by molar-refractivity contribution is 0.550. The first-order valence-electron chi connectivity index (χ1n) is 5.79. The molecule has 0 aliphatic rings. The molecule has 0 amide bonds. The highest BCUT2D eigenvalue weighted by Crippen LogP contribution is 2.18. The highest BCUT2D eigenvalue weighted by atomic mass is 127. The molecule has 1 heterocycles. The minimum Gasteiger partial charge on any atom is -0.310 e. The molecule has 0 aliphatic heterocycles. The van der Waals surface area contributed by atoms with Crippen molar-refractivity contribution in [2.24, 2.45) is 0 Å². The number of hydrogen-bond donors (Lipinski definition) is 1. The summed E-state index contributed by atoms with van der Waals surface area (Å²) < 4.78 is 16.6. The number of benzene rings is 1. The van der Waals surface area contributed by atoms with Crippen molar-refractivity contribution < 1.29 is 4.39 Å². The summed E-state index contributed by atoms with van der Waals surface area (Å²) in [5.74, 6) is -0.203. The van der Waals surface area contributed by atoms with Gasteiger partial charge >= 0.3 is 0 Å². The van der Waals surface area contributed by atoms with Gasteiger partial charge in [0.15, 0.2) is 0 Å². The second-order valence-electron chi connectivity index (χ2n) is 4.38. The lowest BCUT2D eigenvalue weighted by Crippen LogP contribution is -2.23. The van der Waals surface area contributed by atoms with E-state index >= 15 is 0 Å². The molecule has 5 heteroatoms. The minimum atomic E-state index is -0.203. The molecule has 0 atom stereocenters. The Morgan fingerprint density at radius 3 is 2.83 bits per heavy atom. The molecule has 0 spiro atoms. The van der Waals surface area contributed by atoms with Crippen LogP contribution in [0.1, 0.15) is 19.4 Å². The predicted molar refractivity (Wildman–Crippen MR) is 78.2 cm³/mol. The molecule has 96 valence electrons. The van der Waals surface area contributed by atoms with Crippen LogP contribution in [0.4, 0.5) is 4.39 Å². The Kier molecular flexibility index (Phi) is 4.34. The molecule has 0 fully saturated rings. The molecule has 0 bridgehead atoms. The van der Waals surface area contributed by atoms with E-state index in [1.807, 2.05) is 26.1 Å². The van der Waals surface area contributed by atoms with Gasteiger partial charge in [-0.3, -0.25) is 0 Å². The number of aromatic nitrogens is 2. The zero-order valence-electron chi connectivity index (χ0n) is 10.3. The lowest BCUT2D eigenvalue weighted by atomic mass is 10.1. The van der Waals surface area contributed by atoms with Gasteiger partial charge in [-0.05, 0) is 34.7 Å². The van der Waals surface area contributed by atoms with E-state index in [1.165, 1.54) is 6.07 Å². The van der Waals surface area contributed by atoms with Gasteiger partial charge in [0.2, 0.25) is 0 Å². The Morgan fingerprint density at radius 1 is 1.44 bits per heavy atom. The van der Waals surface area contributed by atoms with Gasteiger partial charge in [0, 0.05) is 24.3 Å². The molecule has 0 unspecified atom stereocenters. The minimum absolute atomic E-state index is 0.203. The Balaban J connectivity index is 2.37. The molecule has 0 saturated carbocycles. The van der Waals surface area contributed by atoms with Crippen molar-refractivity contribution >= 4 is 22.6 Å². The Morgan fingerprint density at radius 2 is 2.22 bits per heavy atom. The smallest absolute Gasteiger partial charge is 0.129 e. The molecule has 0 radical (unpaired) electrons. The third-order valence-corrected chi connectivity index (χ3v) is 3.14. The van der Waals surface area contributed by atoms with Gasteiger partial charge in [-0.1, -0.05) is 19.9 Å². The average molecular weight is 359 g/mol. The van der Waals surface area contributed by atoms with Crippen LogP contribution in [0, 0.1) is 9.39 Å². The van der Waals surface area contributed by atoms with Crippen LogP contribution in [-0.2, 0) is 6.54 Å². The number of halogens is 2. The van der Waals surface area contributed by atoms with E-state index in [4.69, 9.17) is 0 Å². The van der Waals surface area contributed by atoms with Crippen molar-refractivity contribution in [3.05, 3.63) is 45.5 Å². The molecule has 0 aliphatic carbocycles. The van der Waals surface area contributed by atoms with Gasteiger partial charge in [-0.25, -0.2) is 9.07 Å².